The molecule has 0 radical (unpaired) electrons. The summed E-state index contributed by atoms with van der Waals surface area (Å²) in [6.07, 6.45) is 1.35. The molecule has 0 bridgehead atoms. The first-order valence-electron chi connectivity index (χ1n) is 6.89. The van der Waals surface area contributed by atoms with Crippen LogP contribution in [0.3, 0.4) is 0 Å². The molecule has 12 heteroatoms. The maximum atomic E-state index is 12.4. The summed E-state index contributed by atoms with van der Waals surface area (Å²) in [4.78, 5) is 23.9. The maximum Gasteiger partial charge on any atom is 0.324 e. The van der Waals surface area contributed by atoms with Gasteiger partial charge in [-0.15, -0.1) is 5.10 Å². The number of hydrogen-bond acceptors (Lipinski definition) is 9. The van der Waals surface area contributed by atoms with Crippen molar-refractivity contribution in [2.75, 3.05) is 0 Å². The van der Waals surface area contributed by atoms with Gasteiger partial charge in [0.05, 0.1) is 32.1 Å². The van der Waals surface area contributed by atoms with Crippen LogP contribution in [0.5, 0.6) is 0 Å². The zero-order chi connectivity index (χ0) is 18.0. The largest absolute Gasteiger partial charge is 0.324 e. The molecule has 0 fully saturated rings. The molecule has 3 aromatic heterocycles. The average Bonchev–Trinajstić information content (AvgIpc) is 3.27. The zero-order valence-electron chi connectivity index (χ0n) is 13.0. The van der Waals surface area contributed by atoms with E-state index in [-0.39, 0.29) is 5.00 Å². The van der Waals surface area contributed by atoms with Crippen molar-refractivity contribution in [3.05, 3.63) is 44.1 Å². The Hall–Kier alpha value is -2.99. The molecule has 0 saturated carbocycles. The lowest BCUT2D eigenvalue weighted by atomic mass is 10.1. The van der Waals surface area contributed by atoms with Crippen LogP contribution in [0.25, 0.3) is 10.6 Å². The summed E-state index contributed by atoms with van der Waals surface area (Å²) < 4.78 is 3.85. The van der Waals surface area contributed by atoms with E-state index in [1.165, 1.54) is 12.3 Å². The quantitative estimate of drug-likeness (QED) is 0.397. The van der Waals surface area contributed by atoms with Crippen molar-refractivity contribution in [3.63, 3.8) is 0 Å². The fourth-order valence-corrected chi connectivity index (χ4v) is 3.39. The molecule has 128 valence electrons. The van der Waals surface area contributed by atoms with Crippen LogP contribution in [-0.2, 0) is 0 Å². The summed E-state index contributed by atoms with van der Waals surface area (Å²) in [7, 11) is 0. The molecule has 0 aliphatic carbocycles. The number of aromatic nitrogens is 4. The molecule has 0 aliphatic rings. The van der Waals surface area contributed by atoms with Crippen LogP contribution in [0.4, 0.5) is 5.00 Å². The number of carbonyl (C=O) groups is 1. The highest BCUT2D eigenvalue weighted by Gasteiger charge is 2.22. The van der Waals surface area contributed by atoms with Crippen LogP contribution in [-0.4, -0.2) is 36.8 Å². The number of nitrogens with zero attached hydrogens (tertiary/aromatic N) is 5. The van der Waals surface area contributed by atoms with E-state index in [0.29, 0.717) is 32.4 Å². The van der Waals surface area contributed by atoms with E-state index in [1.54, 1.807) is 19.9 Å². The van der Waals surface area contributed by atoms with Crippen LogP contribution in [0.2, 0.25) is 0 Å². The molecule has 25 heavy (non-hydrogen) atoms. The Morgan fingerprint density at radius 1 is 1.44 bits per heavy atom. The first-order chi connectivity index (χ1) is 12.0. The van der Waals surface area contributed by atoms with E-state index in [4.69, 9.17) is 0 Å². The van der Waals surface area contributed by atoms with Crippen LogP contribution < -0.4 is 5.43 Å². The molecular formula is C13H11N7O3S2. The Kier molecular flexibility index (Phi) is 4.63. The highest BCUT2D eigenvalue weighted by molar-refractivity contribution is 7.16. The minimum Gasteiger partial charge on any atom is -0.281 e. The Balaban J connectivity index is 1.78. The first kappa shape index (κ1) is 16.9. The number of thiophene rings is 1. The van der Waals surface area contributed by atoms with E-state index in [2.05, 4.69) is 30.3 Å². The van der Waals surface area contributed by atoms with Crippen molar-refractivity contribution in [2.24, 2.45) is 5.10 Å². The van der Waals surface area contributed by atoms with E-state index in [0.717, 1.165) is 22.9 Å². The third-order valence-electron chi connectivity index (χ3n) is 3.19. The Labute approximate surface area is 148 Å². The van der Waals surface area contributed by atoms with Crippen LogP contribution >= 0.6 is 22.9 Å². The minimum absolute atomic E-state index is 0.00825. The fraction of sp³-hybridized carbons (Fsp3) is 0.154. The third-order valence-corrected chi connectivity index (χ3v) is 5.00. The van der Waals surface area contributed by atoms with Crippen molar-refractivity contribution < 1.29 is 9.72 Å². The molecule has 3 aromatic rings. The number of nitrogens with one attached hydrogen (secondary N) is 2. The molecule has 0 atom stereocenters. The fourth-order valence-electron chi connectivity index (χ4n) is 2.04. The van der Waals surface area contributed by atoms with Crippen LogP contribution in [0, 0.1) is 24.0 Å². The third kappa shape index (κ3) is 3.44. The predicted octanol–water partition coefficient (Wildman–Crippen LogP) is 2.28. The molecule has 0 saturated heterocycles. The molecule has 10 nitrogen and oxygen atoms in total. The normalized spacial score (nSPS) is 11.1. The van der Waals surface area contributed by atoms with Gasteiger partial charge in [-0.2, -0.15) is 10.2 Å². The van der Waals surface area contributed by atoms with Crippen molar-refractivity contribution >= 4 is 40.0 Å². The standard InChI is InChI=1S/C13H11N7O3S2/c1-6-10(11(17-15-6)12-7(2)16-19-25-12)13(21)18-14-5-8-3-4-9(24-8)20(22)23/h3-5H,1-2H3,(H,15,17)(H,18,21)/b14-5-. The van der Waals surface area contributed by atoms with Gasteiger partial charge in [0.1, 0.15) is 5.69 Å². The lowest BCUT2D eigenvalue weighted by Crippen LogP contribution is -2.18. The van der Waals surface area contributed by atoms with Crippen molar-refractivity contribution in [2.45, 2.75) is 13.8 Å². The molecule has 0 spiro atoms. The van der Waals surface area contributed by atoms with E-state index in [9.17, 15) is 14.9 Å². The van der Waals surface area contributed by atoms with Gasteiger partial charge in [-0.1, -0.05) is 15.8 Å². The van der Waals surface area contributed by atoms with Crippen LogP contribution in [0.15, 0.2) is 17.2 Å². The van der Waals surface area contributed by atoms with Gasteiger partial charge in [0.2, 0.25) is 0 Å². The predicted molar refractivity (Wildman–Crippen MR) is 93.0 cm³/mol. The monoisotopic (exact) mass is 377 g/mol. The van der Waals surface area contributed by atoms with Crippen molar-refractivity contribution in [1.82, 2.24) is 25.2 Å². The number of aryl methyl sites for hydroxylation is 2. The minimum atomic E-state index is -0.479. The number of aromatic amines is 1. The van der Waals surface area contributed by atoms with E-state index in [1.807, 2.05) is 0 Å². The van der Waals surface area contributed by atoms with Gasteiger partial charge < -0.3 is 0 Å². The molecule has 3 heterocycles. The number of nitro groups is 1. The number of H-pyrrole nitrogens is 1. The Morgan fingerprint density at radius 2 is 2.24 bits per heavy atom. The second kappa shape index (κ2) is 6.86. The van der Waals surface area contributed by atoms with Crippen molar-refractivity contribution in [1.29, 1.82) is 0 Å². The average molecular weight is 377 g/mol. The molecule has 0 unspecified atom stereocenters. The lowest BCUT2D eigenvalue weighted by Gasteiger charge is -2.01. The molecule has 0 aromatic carbocycles. The number of rotatable bonds is 5. The SMILES string of the molecule is Cc1nnsc1-c1n[nH]c(C)c1C(=O)N/N=C\c1ccc([N+](=O)[O-])s1. The molecule has 2 N–H and O–H groups in total. The summed E-state index contributed by atoms with van der Waals surface area (Å²) in [6.45, 7) is 3.51. The summed E-state index contributed by atoms with van der Waals surface area (Å²) in [5.41, 5.74) is 4.48. The van der Waals surface area contributed by atoms with Crippen molar-refractivity contribution in [3.8, 4) is 10.6 Å². The molecule has 1 amide bonds. The first-order valence-corrected chi connectivity index (χ1v) is 8.48. The molecule has 0 aliphatic heterocycles. The molecule has 3 rings (SSSR count). The van der Waals surface area contributed by atoms with E-state index >= 15 is 0 Å². The van der Waals surface area contributed by atoms with Gasteiger partial charge in [-0.3, -0.25) is 20.0 Å². The highest BCUT2D eigenvalue weighted by atomic mass is 32.1. The smallest absolute Gasteiger partial charge is 0.281 e. The summed E-state index contributed by atoms with van der Waals surface area (Å²) in [5.74, 6) is -0.448. The number of hydrazone groups is 1. The summed E-state index contributed by atoms with van der Waals surface area (Å²) >= 11 is 2.11. The summed E-state index contributed by atoms with van der Waals surface area (Å²) in [6, 6.07) is 2.94. The second-order valence-electron chi connectivity index (χ2n) is 4.89. The topological polar surface area (TPSA) is 139 Å². The number of hydrogen-bond donors (Lipinski definition) is 2. The highest BCUT2D eigenvalue weighted by Crippen LogP contribution is 2.28. The van der Waals surface area contributed by atoms with Gasteiger partial charge >= 0.3 is 5.00 Å². The van der Waals surface area contributed by atoms with Crippen LogP contribution in [0.1, 0.15) is 26.6 Å². The molecular weight excluding hydrogens is 366 g/mol. The zero-order valence-corrected chi connectivity index (χ0v) is 14.6. The number of amides is 1. The Morgan fingerprint density at radius 3 is 2.88 bits per heavy atom. The van der Waals surface area contributed by atoms with Gasteiger partial charge in [-0.25, -0.2) is 5.43 Å². The lowest BCUT2D eigenvalue weighted by molar-refractivity contribution is -0.380. The van der Waals surface area contributed by atoms with Gasteiger partial charge in [0.15, 0.2) is 0 Å². The Bertz CT molecular complexity index is 972. The number of carbonyl (C=O) groups excluding carboxylic acids is 1. The van der Waals surface area contributed by atoms with Gasteiger partial charge in [0, 0.05) is 11.8 Å². The van der Waals surface area contributed by atoms with Gasteiger partial charge in [0.25, 0.3) is 5.91 Å². The van der Waals surface area contributed by atoms with Gasteiger partial charge in [-0.05, 0) is 31.4 Å². The maximum absolute atomic E-state index is 12.4. The summed E-state index contributed by atoms with van der Waals surface area (Å²) in [5, 5.41) is 25.3. The second-order valence-corrected chi connectivity index (χ2v) is 6.74. The van der Waals surface area contributed by atoms with E-state index < -0.39 is 10.8 Å².